The van der Waals surface area contributed by atoms with Crippen LogP contribution in [0.1, 0.15) is 36.6 Å². The van der Waals surface area contributed by atoms with E-state index in [1.54, 1.807) is 74.5 Å². The van der Waals surface area contributed by atoms with Crippen LogP contribution in [-0.4, -0.2) is 23.9 Å². The van der Waals surface area contributed by atoms with Gasteiger partial charge in [0.15, 0.2) is 16.3 Å². The number of aromatic nitrogens is 1. The first-order valence-corrected chi connectivity index (χ1v) is 15.1. The standard InChI is InChI=1S/C31H23Cl3N2O6S/c1-3-39-30(38)27-16(2)35-31-36(28(27)17-5-8-24-25(11-17)42-15-41-24)29(37)26(43-31)12-19-10-20(32)7-9-23(19)40-14-18-4-6-21(33)13-22(18)34/h4-13,28H,3,14-15H2,1-2H3/b26-12-/t28-/m0/s1. The predicted octanol–water partition coefficient (Wildman–Crippen LogP) is 6.07. The molecule has 0 bridgehead atoms. The van der Waals surface area contributed by atoms with Gasteiger partial charge in [-0.15, -0.1) is 0 Å². The predicted molar refractivity (Wildman–Crippen MR) is 165 cm³/mol. The molecule has 0 amide bonds. The Hall–Kier alpha value is -3.76. The van der Waals surface area contributed by atoms with Crippen LogP contribution >= 0.6 is 46.1 Å². The van der Waals surface area contributed by atoms with Crippen LogP contribution in [-0.2, 0) is 16.1 Å². The summed E-state index contributed by atoms with van der Waals surface area (Å²) in [5.74, 6) is 1.06. The van der Waals surface area contributed by atoms with Crippen molar-refractivity contribution in [3.8, 4) is 17.2 Å². The Bertz CT molecular complexity index is 1980. The first kappa shape index (κ1) is 29.3. The van der Waals surface area contributed by atoms with Crippen LogP contribution in [0.15, 0.2) is 75.7 Å². The lowest BCUT2D eigenvalue weighted by Crippen LogP contribution is -2.39. The molecule has 0 aliphatic carbocycles. The van der Waals surface area contributed by atoms with Crippen molar-refractivity contribution in [2.24, 2.45) is 4.99 Å². The molecule has 8 nitrogen and oxygen atoms in total. The average Bonchev–Trinajstić information content (AvgIpc) is 3.56. The number of rotatable bonds is 7. The highest BCUT2D eigenvalue weighted by Gasteiger charge is 2.34. The SMILES string of the molecule is CCOC(=O)C1=C(C)N=c2s/c(=C\c3cc(Cl)ccc3OCc3ccc(Cl)cc3Cl)c(=O)n2[C@H]1c1ccc2c(c1)OCO2. The quantitative estimate of drug-likeness (QED) is 0.225. The van der Waals surface area contributed by atoms with Gasteiger partial charge in [0, 0.05) is 26.2 Å². The van der Waals surface area contributed by atoms with Crippen LogP contribution in [0.25, 0.3) is 6.08 Å². The molecule has 6 rings (SSSR count). The van der Waals surface area contributed by atoms with Crippen molar-refractivity contribution in [3.05, 3.63) is 117 Å². The zero-order valence-corrected chi connectivity index (χ0v) is 25.9. The molecule has 0 spiro atoms. The second-order valence-corrected chi connectivity index (χ2v) is 11.9. The lowest BCUT2D eigenvalue weighted by molar-refractivity contribution is -0.139. The fourth-order valence-corrected chi connectivity index (χ4v) is 6.57. The van der Waals surface area contributed by atoms with Crippen LogP contribution in [0.2, 0.25) is 15.1 Å². The summed E-state index contributed by atoms with van der Waals surface area (Å²) in [6.45, 7) is 3.90. The first-order chi connectivity index (χ1) is 20.7. The van der Waals surface area contributed by atoms with E-state index in [2.05, 4.69) is 4.99 Å². The van der Waals surface area contributed by atoms with Gasteiger partial charge in [-0.25, -0.2) is 9.79 Å². The molecular formula is C31H23Cl3N2O6S. The fraction of sp³-hybridized carbons (Fsp3) is 0.194. The van der Waals surface area contributed by atoms with Crippen LogP contribution in [0.3, 0.4) is 0 Å². The highest BCUT2D eigenvalue weighted by molar-refractivity contribution is 7.07. The van der Waals surface area contributed by atoms with Gasteiger partial charge in [0.1, 0.15) is 12.4 Å². The maximum absolute atomic E-state index is 14.1. The highest BCUT2D eigenvalue weighted by Crippen LogP contribution is 2.38. The minimum atomic E-state index is -0.797. The smallest absolute Gasteiger partial charge is 0.338 e. The molecule has 220 valence electrons. The third-order valence-electron chi connectivity index (χ3n) is 6.89. The van der Waals surface area contributed by atoms with Gasteiger partial charge in [0.05, 0.1) is 28.5 Å². The minimum absolute atomic E-state index is 0.0927. The Morgan fingerprint density at radius 1 is 1.07 bits per heavy atom. The van der Waals surface area contributed by atoms with Crippen molar-refractivity contribution in [2.75, 3.05) is 13.4 Å². The third kappa shape index (κ3) is 5.78. The van der Waals surface area contributed by atoms with Crippen LogP contribution < -0.4 is 29.1 Å². The molecule has 2 aliphatic rings. The van der Waals surface area contributed by atoms with Crippen LogP contribution in [0, 0.1) is 0 Å². The van der Waals surface area contributed by atoms with Crippen molar-refractivity contribution in [1.82, 2.24) is 4.57 Å². The number of nitrogens with zero attached hydrogens (tertiary/aromatic N) is 2. The number of esters is 1. The molecular weight excluding hydrogens is 635 g/mol. The Kier molecular flexibility index (Phi) is 8.24. The number of fused-ring (bicyclic) bond motifs is 2. The van der Waals surface area contributed by atoms with Gasteiger partial charge in [0.25, 0.3) is 5.56 Å². The number of carbonyl (C=O) groups excluding carboxylic acids is 1. The van der Waals surface area contributed by atoms with Crippen molar-refractivity contribution in [1.29, 1.82) is 0 Å². The fourth-order valence-electron chi connectivity index (χ4n) is 4.89. The van der Waals surface area contributed by atoms with E-state index in [1.807, 2.05) is 0 Å². The van der Waals surface area contributed by atoms with Gasteiger partial charge in [-0.2, -0.15) is 0 Å². The van der Waals surface area contributed by atoms with Crippen molar-refractivity contribution >= 4 is 58.2 Å². The number of ether oxygens (including phenoxy) is 4. The van der Waals surface area contributed by atoms with Gasteiger partial charge >= 0.3 is 5.97 Å². The van der Waals surface area contributed by atoms with E-state index < -0.39 is 12.0 Å². The molecule has 4 aromatic rings. The first-order valence-electron chi connectivity index (χ1n) is 13.2. The molecule has 0 unspecified atom stereocenters. The third-order valence-corrected chi connectivity index (χ3v) is 8.69. The molecule has 1 atom stereocenters. The maximum Gasteiger partial charge on any atom is 0.338 e. The normalized spacial score (nSPS) is 15.7. The van der Waals surface area contributed by atoms with Crippen molar-refractivity contribution < 1.29 is 23.7 Å². The summed E-state index contributed by atoms with van der Waals surface area (Å²) in [4.78, 5) is 32.3. The average molecular weight is 658 g/mol. The zero-order chi connectivity index (χ0) is 30.2. The Morgan fingerprint density at radius 3 is 2.63 bits per heavy atom. The second kappa shape index (κ2) is 12.1. The van der Waals surface area contributed by atoms with Crippen LogP contribution in [0.4, 0.5) is 0 Å². The van der Waals surface area contributed by atoms with E-state index in [1.165, 1.54) is 15.9 Å². The topological polar surface area (TPSA) is 88.4 Å². The molecule has 0 saturated heterocycles. The zero-order valence-electron chi connectivity index (χ0n) is 22.9. The number of hydrogen-bond acceptors (Lipinski definition) is 8. The molecule has 0 saturated carbocycles. The molecule has 1 aromatic heterocycles. The molecule has 0 radical (unpaired) electrons. The Labute approximate surface area is 265 Å². The molecule has 0 fully saturated rings. The van der Waals surface area contributed by atoms with E-state index >= 15 is 0 Å². The number of benzene rings is 3. The maximum atomic E-state index is 14.1. The van der Waals surface area contributed by atoms with Gasteiger partial charge in [0.2, 0.25) is 6.79 Å². The van der Waals surface area contributed by atoms with E-state index in [4.69, 9.17) is 53.8 Å². The molecule has 0 N–H and O–H groups in total. The summed E-state index contributed by atoms with van der Waals surface area (Å²) in [5, 5.41) is 1.47. The van der Waals surface area contributed by atoms with Gasteiger partial charge in [-0.3, -0.25) is 9.36 Å². The Morgan fingerprint density at radius 2 is 1.84 bits per heavy atom. The summed E-state index contributed by atoms with van der Waals surface area (Å²) in [5.41, 5.74) is 2.38. The molecule has 2 aliphatic heterocycles. The number of allylic oxidation sites excluding steroid dienone is 1. The number of thiazole rings is 1. The second-order valence-electron chi connectivity index (χ2n) is 9.62. The van der Waals surface area contributed by atoms with E-state index in [9.17, 15) is 9.59 Å². The summed E-state index contributed by atoms with van der Waals surface area (Å²) >= 11 is 19.9. The number of halogens is 3. The van der Waals surface area contributed by atoms with Crippen molar-refractivity contribution in [3.63, 3.8) is 0 Å². The minimum Gasteiger partial charge on any atom is -0.488 e. The van der Waals surface area contributed by atoms with E-state index in [0.717, 1.165) is 5.56 Å². The number of carbonyl (C=O) groups is 1. The summed E-state index contributed by atoms with van der Waals surface area (Å²) in [7, 11) is 0. The highest BCUT2D eigenvalue weighted by atomic mass is 35.5. The number of hydrogen-bond donors (Lipinski definition) is 0. The summed E-state index contributed by atoms with van der Waals surface area (Å²) in [6.07, 6.45) is 1.70. The monoisotopic (exact) mass is 656 g/mol. The Balaban J connectivity index is 1.45. The van der Waals surface area contributed by atoms with Gasteiger partial charge < -0.3 is 18.9 Å². The molecule has 3 aromatic carbocycles. The lowest BCUT2D eigenvalue weighted by Gasteiger charge is -2.24. The van der Waals surface area contributed by atoms with Crippen LogP contribution in [0.5, 0.6) is 17.2 Å². The molecule has 43 heavy (non-hydrogen) atoms. The summed E-state index contributed by atoms with van der Waals surface area (Å²) in [6, 6.07) is 14.9. The molecule has 12 heteroatoms. The van der Waals surface area contributed by atoms with Gasteiger partial charge in [-0.1, -0.05) is 58.3 Å². The largest absolute Gasteiger partial charge is 0.488 e. The van der Waals surface area contributed by atoms with Crippen molar-refractivity contribution in [2.45, 2.75) is 26.5 Å². The summed E-state index contributed by atoms with van der Waals surface area (Å²) < 4.78 is 24.4. The van der Waals surface area contributed by atoms with E-state index in [-0.39, 0.29) is 31.1 Å². The molecule has 3 heterocycles. The lowest BCUT2D eigenvalue weighted by atomic mass is 9.95. The van der Waals surface area contributed by atoms with Gasteiger partial charge in [-0.05, 0) is 68.0 Å². The van der Waals surface area contributed by atoms with E-state index in [0.29, 0.717) is 58.5 Å².